The Kier molecular flexibility index (Phi) is 3.26. The summed E-state index contributed by atoms with van der Waals surface area (Å²) >= 11 is 0. The molecule has 2 unspecified atom stereocenters. The molecule has 0 aromatic carbocycles. The summed E-state index contributed by atoms with van der Waals surface area (Å²) in [4.78, 5) is 11.3. The van der Waals surface area contributed by atoms with Crippen molar-refractivity contribution in [1.29, 1.82) is 5.26 Å². The Morgan fingerprint density at radius 1 is 1.62 bits per heavy atom. The van der Waals surface area contributed by atoms with Crippen molar-refractivity contribution in [2.45, 2.75) is 19.9 Å². The number of carbonyl (C=O) groups is 1. The van der Waals surface area contributed by atoms with Crippen molar-refractivity contribution in [3.05, 3.63) is 0 Å². The van der Waals surface area contributed by atoms with E-state index in [4.69, 9.17) is 5.26 Å². The first kappa shape index (κ1) is 10.0. The highest BCUT2D eigenvalue weighted by Crippen LogP contribution is 2.08. The molecular weight excluding hydrogens is 166 g/mol. The average Bonchev–Trinajstić information content (AvgIpc) is 2.51. The Labute approximate surface area is 78.3 Å². The van der Waals surface area contributed by atoms with Crippen molar-refractivity contribution in [2.75, 3.05) is 13.1 Å². The van der Waals surface area contributed by atoms with Gasteiger partial charge in [-0.3, -0.25) is 4.79 Å². The summed E-state index contributed by atoms with van der Waals surface area (Å²) in [6.07, 6.45) is 0. The Hall–Kier alpha value is -1.08. The Bertz CT molecular complexity index is 232. The van der Waals surface area contributed by atoms with Gasteiger partial charge in [0, 0.05) is 19.0 Å². The van der Waals surface area contributed by atoms with E-state index >= 15 is 0 Å². The molecule has 1 amide bonds. The molecule has 1 fully saturated rings. The van der Waals surface area contributed by atoms with E-state index in [0.29, 0.717) is 13.1 Å². The molecule has 13 heavy (non-hydrogen) atoms. The highest BCUT2D eigenvalue weighted by molar-refractivity contribution is 5.78. The first-order chi connectivity index (χ1) is 6.15. The van der Waals surface area contributed by atoms with Crippen molar-refractivity contribution in [2.24, 2.45) is 11.8 Å². The second-order valence-corrected chi connectivity index (χ2v) is 3.66. The maximum Gasteiger partial charge on any atom is 0.222 e. The molecule has 1 heterocycles. The average molecular weight is 181 g/mol. The standard InChI is InChI=1S/C9H15N3O/c1-6(2)9(13)12-8-5-11-4-7(8)3-10/h6-8,11H,4-5H2,1-2H3,(H,12,13). The van der Waals surface area contributed by atoms with Crippen LogP contribution in [0.5, 0.6) is 0 Å². The second-order valence-electron chi connectivity index (χ2n) is 3.66. The van der Waals surface area contributed by atoms with Crippen LogP contribution in [0, 0.1) is 23.2 Å². The summed E-state index contributed by atoms with van der Waals surface area (Å²) in [6.45, 7) is 5.08. The summed E-state index contributed by atoms with van der Waals surface area (Å²) in [5.41, 5.74) is 0. The summed E-state index contributed by atoms with van der Waals surface area (Å²) in [5, 5.41) is 14.7. The minimum atomic E-state index is -0.0808. The van der Waals surface area contributed by atoms with E-state index < -0.39 is 0 Å². The number of amides is 1. The lowest BCUT2D eigenvalue weighted by atomic mass is 10.0. The molecule has 0 spiro atoms. The van der Waals surface area contributed by atoms with Crippen molar-refractivity contribution in [3.63, 3.8) is 0 Å². The molecule has 0 aromatic heterocycles. The van der Waals surface area contributed by atoms with Gasteiger partial charge >= 0.3 is 0 Å². The third-order valence-electron chi connectivity index (χ3n) is 2.23. The summed E-state index contributed by atoms with van der Waals surface area (Å²) in [7, 11) is 0. The highest BCUT2D eigenvalue weighted by atomic mass is 16.1. The largest absolute Gasteiger partial charge is 0.350 e. The number of nitriles is 1. The molecule has 2 N–H and O–H groups in total. The van der Waals surface area contributed by atoms with Crippen LogP contribution in [-0.2, 0) is 4.79 Å². The van der Waals surface area contributed by atoms with Crippen LogP contribution < -0.4 is 10.6 Å². The van der Waals surface area contributed by atoms with E-state index in [1.807, 2.05) is 13.8 Å². The number of carbonyl (C=O) groups excluding carboxylic acids is 1. The van der Waals surface area contributed by atoms with Gasteiger partial charge in [0.15, 0.2) is 0 Å². The molecule has 1 aliphatic rings. The molecule has 1 saturated heterocycles. The van der Waals surface area contributed by atoms with Gasteiger partial charge in [-0.15, -0.1) is 0 Å². The van der Waals surface area contributed by atoms with Crippen LogP contribution in [0.15, 0.2) is 0 Å². The molecule has 4 nitrogen and oxygen atoms in total. The maximum atomic E-state index is 11.3. The molecule has 0 radical (unpaired) electrons. The van der Waals surface area contributed by atoms with E-state index in [-0.39, 0.29) is 23.8 Å². The number of hydrogen-bond donors (Lipinski definition) is 2. The van der Waals surface area contributed by atoms with Crippen LogP contribution in [0.3, 0.4) is 0 Å². The third-order valence-corrected chi connectivity index (χ3v) is 2.23. The quantitative estimate of drug-likeness (QED) is 0.623. The number of hydrogen-bond acceptors (Lipinski definition) is 3. The molecule has 1 aliphatic heterocycles. The molecule has 0 aliphatic carbocycles. The van der Waals surface area contributed by atoms with Gasteiger partial charge in [-0.1, -0.05) is 13.8 Å². The third kappa shape index (κ3) is 2.43. The van der Waals surface area contributed by atoms with E-state index in [1.54, 1.807) is 0 Å². The zero-order valence-corrected chi connectivity index (χ0v) is 8.00. The fourth-order valence-electron chi connectivity index (χ4n) is 1.32. The smallest absolute Gasteiger partial charge is 0.222 e. The number of nitrogens with one attached hydrogen (secondary N) is 2. The lowest BCUT2D eigenvalue weighted by molar-refractivity contribution is -0.124. The zero-order valence-electron chi connectivity index (χ0n) is 8.00. The lowest BCUT2D eigenvalue weighted by Gasteiger charge is -2.15. The molecular formula is C9H15N3O. The molecule has 0 aromatic rings. The Morgan fingerprint density at radius 2 is 2.31 bits per heavy atom. The van der Waals surface area contributed by atoms with Crippen LogP contribution >= 0.6 is 0 Å². The van der Waals surface area contributed by atoms with Crippen LogP contribution in [0.2, 0.25) is 0 Å². The van der Waals surface area contributed by atoms with Crippen molar-refractivity contribution in [3.8, 4) is 6.07 Å². The maximum absolute atomic E-state index is 11.3. The van der Waals surface area contributed by atoms with Gasteiger partial charge in [-0.2, -0.15) is 5.26 Å². The van der Waals surface area contributed by atoms with Gasteiger partial charge in [0.1, 0.15) is 0 Å². The van der Waals surface area contributed by atoms with Crippen LogP contribution in [0.1, 0.15) is 13.8 Å². The minimum absolute atomic E-state index is 0.0139. The van der Waals surface area contributed by atoms with Gasteiger partial charge in [0.05, 0.1) is 18.0 Å². The monoisotopic (exact) mass is 181 g/mol. The first-order valence-electron chi connectivity index (χ1n) is 4.56. The SMILES string of the molecule is CC(C)C(=O)NC1CNCC1C#N. The Morgan fingerprint density at radius 3 is 2.85 bits per heavy atom. The van der Waals surface area contributed by atoms with Crippen LogP contribution in [0.25, 0.3) is 0 Å². The highest BCUT2D eigenvalue weighted by Gasteiger charge is 2.28. The van der Waals surface area contributed by atoms with E-state index in [2.05, 4.69) is 16.7 Å². The van der Waals surface area contributed by atoms with Gasteiger partial charge in [0.25, 0.3) is 0 Å². The number of rotatable bonds is 2. The van der Waals surface area contributed by atoms with Crippen LogP contribution in [0.4, 0.5) is 0 Å². The van der Waals surface area contributed by atoms with Crippen molar-refractivity contribution in [1.82, 2.24) is 10.6 Å². The molecule has 1 rings (SSSR count). The molecule has 72 valence electrons. The number of nitrogens with zero attached hydrogens (tertiary/aromatic N) is 1. The summed E-state index contributed by atoms with van der Waals surface area (Å²) < 4.78 is 0. The predicted molar refractivity (Wildman–Crippen MR) is 48.7 cm³/mol. The normalized spacial score (nSPS) is 27.2. The zero-order chi connectivity index (χ0) is 9.84. The van der Waals surface area contributed by atoms with Gasteiger partial charge in [0.2, 0.25) is 5.91 Å². The van der Waals surface area contributed by atoms with E-state index in [0.717, 1.165) is 0 Å². The topological polar surface area (TPSA) is 64.9 Å². The summed E-state index contributed by atoms with van der Waals surface area (Å²) in [5.74, 6) is -0.0726. The van der Waals surface area contributed by atoms with E-state index in [1.165, 1.54) is 0 Å². The summed E-state index contributed by atoms with van der Waals surface area (Å²) in [6, 6.07) is 2.17. The fraction of sp³-hybridized carbons (Fsp3) is 0.778. The van der Waals surface area contributed by atoms with Crippen LogP contribution in [-0.4, -0.2) is 25.0 Å². The first-order valence-corrected chi connectivity index (χ1v) is 4.56. The van der Waals surface area contributed by atoms with E-state index in [9.17, 15) is 4.79 Å². The molecule has 0 saturated carbocycles. The Balaban J connectivity index is 2.45. The molecule has 0 bridgehead atoms. The van der Waals surface area contributed by atoms with Gasteiger partial charge in [-0.05, 0) is 0 Å². The lowest BCUT2D eigenvalue weighted by Crippen LogP contribution is -2.41. The molecule has 2 atom stereocenters. The van der Waals surface area contributed by atoms with Crippen molar-refractivity contribution < 1.29 is 4.79 Å². The predicted octanol–water partition coefficient (Wildman–Crippen LogP) is -0.130. The van der Waals surface area contributed by atoms with Gasteiger partial charge < -0.3 is 10.6 Å². The van der Waals surface area contributed by atoms with Crippen molar-refractivity contribution >= 4 is 5.91 Å². The second kappa shape index (κ2) is 4.24. The van der Waals surface area contributed by atoms with Gasteiger partial charge in [-0.25, -0.2) is 0 Å². The minimum Gasteiger partial charge on any atom is -0.350 e. The fourth-order valence-corrected chi connectivity index (χ4v) is 1.32. The molecule has 4 heteroatoms.